The van der Waals surface area contributed by atoms with Crippen LogP contribution in [-0.4, -0.2) is 11.9 Å². The second-order valence-corrected chi connectivity index (χ2v) is 4.92. The van der Waals surface area contributed by atoms with Gasteiger partial charge >= 0.3 is 0 Å². The molecule has 18 heavy (non-hydrogen) atoms. The van der Waals surface area contributed by atoms with Crippen LogP contribution in [-0.2, 0) is 12.8 Å². The Bertz CT molecular complexity index is 468. The van der Waals surface area contributed by atoms with Crippen LogP contribution in [0.3, 0.4) is 0 Å². The van der Waals surface area contributed by atoms with Crippen LogP contribution in [0.4, 0.5) is 0 Å². The molecule has 0 unspecified atom stereocenters. The topological polar surface area (TPSA) is 9.23 Å². The summed E-state index contributed by atoms with van der Waals surface area (Å²) in [5.41, 5.74) is 2.65. The zero-order chi connectivity index (χ0) is 12.6. The number of para-hydroxylation sites is 1. The van der Waals surface area contributed by atoms with Crippen LogP contribution in [0.25, 0.3) is 0 Å². The van der Waals surface area contributed by atoms with Crippen LogP contribution in [0.5, 0.6) is 5.75 Å². The molecule has 0 aromatic heterocycles. The second kappa shape index (κ2) is 7.22. The van der Waals surface area contributed by atoms with E-state index in [9.17, 15) is 0 Å². The van der Waals surface area contributed by atoms with Crippen molar-refractivity contribution >= 4 is 15.9 Å². The Morgan fingerprint density at radius 3 is 2.33 bits per heavy atom. The molecule has 0 radical (unpaired) electrons. The summed E-state index contributed by atoms with van der Waals surface area (Å²) in [4.78, 5) is 0. The molecular formula is C16H17BrO. The maximum atomic E-state index is 5.73. The molecule has 2 aromatic carbocycles. The predicted octanol–water partition coefficient (Wildman–Crippen LogP) is 4.25. The molecule has 0 fully saturated rings. The van der Waals surface area contributed by atoms with Crippen LogP contribution in [0.15, 0.2) is 54.6 Å². The average Bonchev–Trinajstić information content (AvgIpc) is 2.45. The smallest absolute Gasteiger partial charge is 0.122 e. The molecule has 2 aromatic rings. The number of hydrogen-bond acceptors (Lipinski definition) is 1. The minimum Gasteiger partial charge on any atom is -0.492 e. The highest BCUT2D eigenvalue weighted by molar-refractivity contribution is 9.09. The zero-order valence-electron chi connectivity index (χ0n) is 10.3. The fraction of sp³-hybridized carbons (Fsp3) is 0.250. The van der Waals surface area contributed by atoms with Gasteiger partial charge in [0.1, 0.15) is 5.75 Å². The third-order valence-electron chi connectivity index (χ3n) is 2.83. The highest BCUT2D eigenvalue weighted by atomic mass is 79.9. The molecule has 1 nitrogen and oxygen atoms in total. The van der Waals surface area contributed by atoms with Gasteiger partial charge in [-0.05, 0) is 30.0 Å². The maximum absolute atomic E-state index is 5.73. The molecule has 2 rings (SSSR count). The summed E-state index contributed by atoms with van der Waals surface area (Å²) in [6, 6.07) is 18.8. The van der Waals surface area contributed by atoms with Gasteiger partial charge in [-0.3, -0.25) is 0 Å². The predicted molar refractivity (Wildman–Crippen MR) is 79.6 cm³/mol. The zero-order valence-corrected chi connectivity index (χ0v) is 11.9. The molecule has 94 valence electrons. The lowest BCUT2D eigenvalue weighted by Crippen LogP contribution is -2.01. The van der Waals surface area contributed by atoms with Gasteiger partial charge in [0.25, 0.3) is 0 Å². The molecule has 0 aliphatic heterocycles. The van der Waals surface area contributed by atoms with Crippen LogP contribution in [0.2, 0.25) is 0 Å². The van der Waals surface area contributed by atoms with Gasteiger partial charge in [0.2, 0.25) is 0 Å². The summed E-state index contributed by atoms with van der Waals surface area (Å²) < 4.78 is 5.73. The molecule has 2 heteroatoms. The second-order valence-electron chi connectivity index (χ2n) is 4.13. The van der Waals surface area contributed by atoms with E-state index in [2.05, 4.69) is 58.4 Å². The Labute approximate surface area is 117 Å². The van der Waals surface area contributed by atoms with Gasteiger partial charge in [0, 0.05) is 5.33 Å². The van der Waals surface area contributed by atoms with Crippen LogP contribution in [0.1, 0.15) is 11.1 Å². The van der Waals surface area contributed by atoms with Crippen molar-refractivity contribution in [1.82, 2.24) is 0 Å². The molecule has 0 bridgehead atoms. The summed E-state index contributed by atoms with van der Waals surface area (Å²) in [7, 11) is 0. The van der Waals surface area contributed by atoms with E-state index < -0.39 is 0 Å². The van der Waals surface area contributed by atoms with Gasteiger partial charge in [-0.25, -0.2) is 0 Å². The Morgan fingerprint density at radius 2 is 1.56 bits per heavy atom. The third kappa shape index (κ3) is 3.88. The first-order valence-corrected chi connectivity index (χ1v) is 7.33. The molecular weight excluding hydrogens is 288 g/mol. The minimum atomic E-state index is 0.711. The van der Waals surface area contributed by atoms with Crippen LogP contribution < -0.4 is 4.74 Å². The molecule has 0 spiro atoms. The van der Waals surface area contributed by atoms with Crippen molar-refractivity contribution in [3.63, 3.8) is 0 Å². The van der Waals surface area contributed by atoms with Gasteiger partial charge in [0.05, 0.1) is 6.61 Å². The molecule has 0 saturated carbocycles. The van der Waals surface area contributed by atoms with Crippen molar-refractivity contribution in [2.45, 2.75) is 12.8 Å². The average molecular weight is 305 g/mol. The lowest BCUT2D eigenvalue weighted by molar-refractivity contribution is 0.341. The van der Waals surface area contributed by atoms with Crippen LogP contribution in [0, 0.1) is 0 Å². The fourth-order valence-electron chi connectivity index (χ4n) is 1.92. The molecule has 0 amide bonds. The SMILES string of the molecule is BrCCOc1ccccc1CCc1ccccc1. The van der Waals surface area contributed by atoms with E-state index in [1.165, 1.54) is 11.1 Å². The number of ether oxygens (including phenoxy) is 1. The number of hydrogen-bond donors (Lipinski definition) is 0. The summed E-state index contributed by atoms with van der Waals surface area (Å²) in [6.45, 7) is 0.711. The standard InChI is InChI=1S/C16H17BrO/c17-12-13-18-16-9-5-4-8-15(16)11-10-14-6-2-1-3-7-14/h1-9H,10-13H2. The summed E-state index contributed by atoms with van der Waals surface area (Å²) in [6.07, 6.45) is 2.07. The quantitative estimate of drug-likeness (QED) is 0.725. The molecule has 0 N–H and O–H groups in total. The van der Waals surface area contributed by atoms with Crippen molar-refractivity contribution in [2.24, 2.45) is 0 Å². The van der Waals surface area contributed by atoms with Gasteiger partial charge < -0.3 is 4.74 Å². The normalized spacial score (nSPS) is 10.3. The van der Waals surface area contributed by atoms with Gasteiger partial charge in [-0.1, -0.05) is 64.5 Å². The third-order valence-corrected chi connectivity index (χ3v) is 3.16. The lowest BCUT2D eigenvalue weighted by Gasteiger charge is -2.10. The first kappa shape index (κ1) is 13.2. The summed E-state index contributed by atoms with van der Waals surface area (Å²) >= 11 is 3.38. The fourth-order valence-corrected chi connectivity index (χ4v) is 2.09. The van der Waals surface area contributed by atoms with Crippen molar-refractivity contribution in [3.8, 4) is 5.75 Å². The van der Waals surface area contributed by atoms with E-state index in [1.807, 2.05) is 12.1 Å². The monoisotopic (exact) mass is 304 g/mol. The number of halogens is 1. The highest BCUT2D eigenvalue weighted by Crippen LogP contribution is 2.20. The van der Waals surface area contributed by atoms with E-state index in [0.29, 0.717) is 6.61 Å². The van der Waals surface area contributed by atoms with E-state index in [4.69, 9.17) is 4.74 Å². The largest absolute Gasteiger partial charge is 0.492 e. The Balaban J connectivity index is 2.00. The van der Waals surface area contributed by atoms with Crippen molar-refractivity contribution in [2.75, 3.05) is 11.9 Å². The number of alkyl halides is 1. The number of benzene rings is 2. The Kier molecular flexibility index (Phi) is 5.28. The Hall–Kier alpha value is -1.28. The first-order chi connectivity index (χ1) is 8.90. The highest BCUT2D eigenvalue weighted by Gasteiger charge is 2.03. The summed E-state index contributed by atoms with van der Waals surface area (Å²) in [5, 5.41) is 0.861. The lowest BCUT2D eigenvalue weighted by atomic mass is 10.0. The van der Waals surface area contributed by atoms with Crippen molar-refractivity contribution < 1.29 is 4.74 Å². The molecule has 0 aliphatic rings. The number of rotatable bonds is 6. The van der Waals surface area contributed by atoms with E-state index in [1.54, 1.807) is 0 Å². The Morgan fingerprint density at radius 1 is 0.833 bits per heavy atom. The van der Waals surface area contributed by atoms with E-state index in [0.717, 1.165) is 23.9 Å². The van der Waals surface area contributed by atoms with E-state index >= 15 is 0 Å². The van der Waals surface area contributed by atoms with Crippen LogP contribution >= 0.6 is 15.9 Å². The minimum absolute atomic E-state index is 0.711. The molecule has 0 heterocycles. The number of aryl methyl sites for hydroxylation is 2. The van der Waals surface area contributed by atoms with Gasteiger partial charge in [-0.2, -0.15) is 0 Å². The van der Waals surface area contributed by atoms with Gasteiger partial charge in [-0.15, -0.1) is 0 Å². The molecule has 0 atom stereocenters. The summed E-state index contributed by atoms with van der Waals surface area (Å²) in [5.74, 6) is 1.01. The molecule has 0 aliphatic carbocycles. The maximum Gasteiger partial charge on any atom is 0.122 e. The van der Waals surface area contributed by atoms with Gasteiger partial charge in [0.15, 0.2) is 0 Å². The first-order valence-electron chi connectivity index (χ1n) is 6.21. The van der Waals surface area contributed by atoms with Crippen molar-refractivity contribution in [1.29, 1.82) is 0 Å². The molecule has 0 saturated heterocycles. The van der Waals surface area contributed by atoms with E-state index in [-0.39, 0.29) is 0 Å². The van der Waals surface area contributed by atoms with Crippen molar-refractivity contribution in [3.05, 3.63) is 65.7 Å².